The van der Waals surface area contributed by atoms with Gasteiger partial charge in [-0.2, -0.15) is 0 Å². The maximum absolute atomic E-state index is 12.9. The molecule has 0 aromatic heterocycles. The Balaban J connectivity index is 1.63. The van der Waals surface area contributed by atoms with E-state index in [0.29, 0.717) is 17.0 Å². The third-order valence-electron chi connectivity index (χ3n) is 5.06. The summed E-state index contributed by atoms with van der Waals surface area (Å²) in [7, 11) is -3.17. The van der Waals surface area contributed by atoms with Gasteiger partial charge in [-0.25, -0.2) is 8.42 Å². The number of sulfone groups is 1. The van der Waals surface area contributed by atoms with Gasteiger partial charge in [0.05, 0.1) is 10.5 Å². The highest BCUT2D eigenvalue weighted by molar-refractivity contribution is 9.10. The number of nitrogens with zero attached hydrogens (tertiary/aromatic N) is 2. The molecule has 0 spiro atoms. The maximum atomic E-state index is 12.9. The Morgan fingerprint density at radius 3 is 2.43 bits per heavy atom. The molecule has 1 fully saturated rings. The number of rotatable bonds is 4. The van der Waals surface area contributed by atoms with E-state index in [9.17, 15) is 13.2 Å². The fourth-order valence-corrected chi connectivity index (χ4v) is 4.48. The van der Waals surface area contributed by atoms with Crippen molar-refractivity contribution in [1.82, 2.24) is 9.80 Å². The number of aryl methyl sites for hydroxylation is 1. The molecular formula is C21H25BrN2O3S. The highest BCUT2D eigenvalue weighted by atomic mass is 79.9. The first-order valence-corrected chi connectivity index (χ1v) is 12.0. The number of hydrogen-bond donors (Lipinski definition) is 0. The van der Waals surface area contributed by atoms with Gasteiger partial charge in [0.1, 0.15) is 0 Å². The lowest BCUT2D eigenvalue weighted by molar-refractivity contribution is 0.0760. The van der Waals surface area contributed by atoms with Crippen LogP contribution < -0.4 is 0 Å². The van der Waals surface area contributed by atoms with E-state index in [4.69, 9.17) is 0 Å². The van der Waals surface area contributed by atoms with Crippen molar-refractivity contribution in [1.29, 1.82) is 0 Å². The summed E-state index contributed by atoms with van der Waals surface area (Å²) >= 11 is 3.54. The minimum absolute atomic E-state index is 0.0648. The van der Waals surface area contributed by atoms with Crippen molar-refractivity contribution in [3.8, 4) is 0 Å². The molecule has 2 aromatic rings. The van der Waals surface area contributed by atoms with Gasteiger partial charge >= 0.3 is 0 Å². The first-order chi connectivity index (χ1) is 13.3. The largest absolute Gasteiger partial charge is 0.337 e. The van der Waals surface area contributed by atoms with Gasteiger partial charge in [-0.15, -0.1) is 0 Å². The molecule has 0 aliphatic carbocycles. The smallest absolute Gasteiger partial charge is 0.255 e. The zero-order chi connectivity index (χ0) is 20.3. The van der Waals surface area contributed by atoms with Crippen LogP contribution in [-0.2, 0) is 16.4 Å². The first-order valence-electron chi connectivity index (χ1n) is 9.31. The zero-order valence-electron chi connectivity index (χ0n) is 16.2. The lowest BCUT2D eigenvalue weighted by Crippen LogP contribution is -2.35. The van der Waals surface area contributed by atoms with Crippen molar-refractivity contribution in [2.45, 2.75) is 24.8 Å². The topological polar surface area (TPSA) is 57.7 Å². The SMILES string of the molecule is Cc1cccc(C(=O)N2CCCN(Cc3ccc(S(C)(=O)=O)cc3)CC2)c1Br. The summed E-state index contributed by atoms with van der Waals surface area (Å²) in [6, 6.07) is 12.8. The van der Waals surface area contributed by atoms with Gasteiger partial charge in [0.25, 0.3) is 5.91 Å². The molecule has 1 heterocycles. The lowest BCUT2D eigenvalue weighted by Gasteiger charge is -2.23. The Morgan fingerprint density at radius 2 is 1.75 bits per heavy atom. The van der Waals surface area contributed by atoms with Gasteiger partial charge < -0.3 is 4.90 Å². The Bertz CT molecular complexity index is 958. The normalized spacial score (nSPS) is 16.0. The van der Waals surface area contributed by atoms with Gasteiger partial charge in [-0.1, -0.05) is 24.3 Å². The Hall–Kier alpha value is -1.70. The average molecular weight is 465 g/mol. The molecule has 0 atom stereocenters. The molecule has 7 heteroatoms. The van der Waals surface area contributed by atoms with E-state index in [1.165, 1.54) is 6.26 Å². The predicted molar refractivity (Wildman–Crippen MR) is 114 cm³/mol. The van der Waals surface area contributed by atoms with Gasteiger partial charge in [-0.3, -0.25) is 9.69 Å². The van der Waals surface area contributed by atoms with Crippen LogP contribution >= 0.6 is 15.9 Å². The third kappa shape index (κ3) is 5.01. The van der Waals surface area contributed by atoms with Crippen LogP contribution in [0.15, 0.2) is 51.8 Å². The molecule has 150 valence electrons. The third-order valence-corrected chi connectivity index (χ3v) is 7.24. The standard InChI is InChI=1S/C21H25BrN2O3S/c1-16-5-3-6-19(20(16)22)21(25)24-12-4-11-23(13-14-24)15-17-7-9-18(10-8-17)28(2,26)27/h3,5-10H,4,11-15H2,1-2H3. The molecule has 1 amide bonds. The highest BCUT2D eigenvalue weighted by Crippen LogP contribution is 2.23. The van der Waals surface area contributed by atoms with Crippen molar-refractivity contribution in [3.05, 3.63) is 63.6 Å². The van der Waals surface area contributed by atoms with Crippen LogP contribution in [0.4, 0.5) is 0 Å². The van der Waals surface area contributed by atoms with Crippen LogP contribution in [0.5, 0.6) is 0 Å². The molecular weight excluding hydrogens is 440 g/mol. The molecule has 0 N–H and O–H groups in total. The lowest BCUT2D eigenvalue weighted by atomic mass is 10.1. The number of carbonyl (C=O) groups excluding carboxylic acids is 1. The molecule has 0 radical (unpaired) electrons. The molecule has 1 aliphatic rings. The quantitative estimate of drug-likeness (QED) is 0.694. The zero-order valence-corrected chi connectivity index (χ0v) is 18.6. The van der Waals surface area contributed by atoms with Crippen LogP contribution in [0.3, 0.4) is 0 Å². The van der Waals surface area contributed by atoms with Crippen LogP contribution in [0.1, 0.15) is 27.9 Å². The van der Waals surface area contributed by atoms with Crippen LogP contribution in [0.2, 0.25) is 0 Å². The van der Waals surface area contributed by atoms with E-state index in [0.717, 1.165) is 48.2 Å². The van der Waals surface area contributed by atoms with Crippen molar-refractivity contribution < 1.29 is 13.2 Å². The number of halogens is 1. The van der Waals surface area contributed by atoms with Gasteiger partial charge in [0.15, 0.2) is 9.84 Å². The van der Waals surface area contributed by atoms with E-state index in [-0.39, 0.29) is 5.91 Å². The number of amides is 1. The minimum Gasteiger partial charge on any atom is -0.337 e. The van der Waals surface area contributed by atoms with Crippen molar-refractivity contribution in [2.24, 2.45) is 0 Å². The minimum atomic E-state index is -3.17. The highest BCUT2D eigenvalue weighted by Gasteiger charge is 2.22. The molecule has 0 unspecified atom stereocenters. The second kappa shape index (κ2) is 8.76. The molecule has 2 aromatic carbocycles. The maximum Gasteiger partial charge on any atom is 0.255 e. The molecule has 3 rings (SSSR count). The average Bonchev–Trinajstić information content (AvgIpc) is 2.89. The summed E-state index contributed by atoms with van der Waals surface area (Å²) in [4.78, 5) is 17.5. The van der Waals surface area contributed by atoms with E-state index in [1.807, 2.05) is 42.2 Å². The summed E-state index contributed by atoms with van der Waals surface area (Å²) in [6.45, 7) is 5.86. The van der Waals surface area contributed by atoms with Gasteiger partial charge in [0.2, 0.25) is 0 Å². The Kier molecular flexibility index (Phi) is 6.58. The predicted octanol–water partition coefficient (Wildman–Crippen LogP) is 3.51. The molecule has 28 heavy (non-hydrogen) atoms. The molecule has 0 saturated carbocycles. The Morgan fingerprint density at radius 1 is 1.04 bits per heavy atom. The summed E-state index contributed by atoms with van der Waals surface area (Å²) in [6.07, 6.45) is 2.13. The van der Waals surface area contributed by atoms with E-state index >= 15 is 0 Å². The van der Waals surface area contributed by atoms with E-state index < -0.39 is 9.84 Å². The second-order valence-corrected chi connectivity index (χ2v) is 10.1. The first kappa shape index (κ1) is 21.0. The summed E-state index contributed by atoms with van der Waals surface area (Å²) in [5.41, 5.74) is 2.85. The monoisotopic (exact) mass is 464 g/mol. The van der Waals surface area contributed by atoms with Crippen molar-refractivity contribution >= 4 is 31.7 Å². The number of benzene rings is 2. The number of carbonyl (C=O) groups is 1. The molecule has 1 saturated heterocycles. The van der Waals surface area contributed by atoms with E-state index in [1.54, 1.807) is 12.1 Å². The van der Waals surface area contributed by atoms with Crippen LogP contribution in [0, 0.1) is 6.92 Å². The van der Waals surface area contributed by atoms with Gasteiger partial charge in [-0.05, 0) is 58.6 Å². The second-order valence-electron chi connectivity index (χ2n) is 7.27. The fourth-order valence-electron chi connectivity index (χ4n) is 3.42. The Labute approximate surface area is 175 Å². The summed E-state index contributed by atoms with van der Waals surface area (Å²) in [5.74, 6) is 0.0648. The fraction of sp³-hybridized carbons (Fsp3) is 0.381. The number of hydrogen-bond acceptors (Lipinski definition) is 4. The van der Waals surface area contributed by atoms with Crippen molar-refractivity contribution in [2.75, 3.05) is 32.4 Å². The summed E-state index contributed by atoms with van der Waals surface area (Å²) < 4.78 is 24.0. The van der Waals surface area contributed by atoms with Crippen molar-refractivity contribution in [3.63, 3.8) is 0 Å². The van der Waals surface area contributed by atoms with Gasteiger partial charge in [0, 0.05) is 43.5 Å². The summed E-state index contributed by atoms with van der Waals surface area (Å²) in [5, 5.41) is 0. The molecule has 5 nitrogen and oxygen atoms in total. The molecule has 0 bridgehead atoms. The van der Waals surface area contributed by atoms with Crippen LogP contribution in [0.25, 0.3) is 0 Å². The van der Waals surface area contributed by atoms with E-state index in [2.05, 4.69) is 20.8 Å². The van der Waals surface area contributed by atoms with Crippen LogP contribution in [-0.4, -0.2) is 56.6 Å². The molecule has 1 aliphatic heterocycles.